The first-order valence-corrected chi connectivity index (χ1v) is 8.12. The van der Waals surface area contributed by atoms with Gasteiger partial charge < -0.3 is 4.90 Å². The number of likely N-dealkylation sites (tertiary alicyclic amines) is 1. The standard InChI is InChI=1S/C18H33N/c1-6-16(4)8-10-18-11-13-19(14-12-18)17(5)9-7-15(2)3/h15,18H,4-14H2,1-3H3. The first-order chi connectivity index (χ1) is 9.02. The second-order valence-corrected chi connectivity index (χ2v) is 6.57. The molecule has 0 aromatic heterocycles. The number of hydrogen-bond acceptors (Lipinski definition) is 1. The van der Waals surface area contributed by atoms with E-state index < -0.39 is 0 Å². The number of hydrogen-bond donors (Lipinski definition) is 0. The quantitative estimate of drug-likeness (QED) is 0.530. The summed E-state index contributed by atoms with van der Waals surface area (Å²) in [6.07, 6.45) is 8.86. The Balaban J connectivity index is 2.21. The first-order valence-electron chi connectivity index (χ1n) is 8.12. The Morgan fingerprint density at radius 1 is 1.16 bits per heavy atom. The lowest BCUT2D eigenvalue weighted by Gasteiger charge is -2.35. The largest absolute Gasteiger partial charge is 0.375 e. The van der Waals surface area contributed by atoms with Crippen LogP contribution in [-0.2, 0) is 0 Å². The van der Waals surface area contributed by atoms with Crippen LogP contribution < -0.4 is 0 Å². The third kappa shape index (κ3) is 6.31. The van der Waals surface area contributed by atoms with Crippen molar-refractivity contribution in [3.63, 3.8) is 0 Å². The molecule has 1 rings (SSSR count). The van der Waals surface area contributed by atoms with Crippen molar-refractivity contribution in [1.29, 1.82) is 0 Å². The van der Waals surface area contributed by atoms with Gasteiger partial charge in [0.15, 0.2) is 0 Å². The van der Waals surface area contributed by atoms with Crippen molar-refractivity contribution in [2.45, 2.75) is 65.7 Å². The molecule has 0 spiro atoms. The van der Waals surface area contributed by atoms with Gasteiger partial charge in [-0.15, -0.1) is 0 Å². The Labute approximate surface area is 120 Å². The van der Waals surface area contributed by atoms with Gasteiger partial charge in [-0.25, -0.2) is 0 Å². The fourth-order valence-electron chi connectivity index (χ4n) is 2.74. The number of nitrogens with zero attached hydrogens (tertiary/aromatic N) is 1. The van der Waals surface area contributed by atoms with Gasteiger partial charge in [0.25, 0.3) is 0 Å². The fraction of sp³-hybridized carbons (Fsp3) is 0.778. The fourth-order valence-corrected chi connectivity index (χ4v) is 2.74. The van der Waals surface area contributed by atoms with Crippen LogP contribution in [0.15, 0.2) is 24.4 Å². The molecular weight excluding hydrogens is 230 g/mol. The van der Waals surface area contributed by atoms with Gasteiger partial charge in [0.1, 0.15) is 0 Å². The Morgan fingerprint density at radius 3 is 2.32 bits per heavy atom. The van der Waals surface area contributed by atoms with Gasteiger partial charge in [-0.1, -0.05) is 39.5 Å². The molecule has 0 unspecified atom stereocenters. The van der Waals surface area contributed by atoms with Gasteiger partial charge in [-0.3, -0.25) is 0 Å². The van der Waals surface area contributed by atoms with Crippen molar-refractivity contribution in [2.75, 3.05) is 13.1 Å². The van der Waals surface area contributed by atoms with Crippen molar-refractivity contribution in [2.24, 2.45) is 11.8 Å². The smallest absolute Gasteiger partial charge is 0.0177 e. The average Bonchev–Trinajstić information content (AvgIpc) is 2.42. The van der Waals surface area contributed by atoms with E-state index in [1.807, 2.05) is 0 Å². The Kier molecular flexibility index (Phi) is 7.27. The zero-order valence-corrected chi connectivity index (χ0v) is 13.4. The van der Waals surface area contributed by atoms with Crippen LogP contribution in [0.4, 0.5) is 0 Å². The van der Waals surface area contributed by atoms with E-state index in [1.165, 1.54) is 62.9 Å². The van der Waals surface area contributed by atoms with E-state index in [0.717, 1.165) is 18.3 Å². The van der Waals surface area contributed by atoms with Gasteiger partial charge in [-0.2, -0.15) is 0 Å². The molecule has 0 N–H and O–H groups in total. The Morgan fingerprint density at radius 2 is 1.79 bits per heavy atom. The normalized spacial score (nSPS) is 16.9. The molecule has 110 valence electrons. The maximum Gasteiger partial charge on any atom is 0.0177 e. The molecule has 0 saturated carbocycles. The van der Waals surface area contributed by atoms with Gasteiger partial charge in [-0.05, 0) is 56.8 Å². The molecule has 1 aliphatic rings. The van der Waals surface area contributed by atoms with E-state index in [-0.39, 0.29) is 0 Å². The lowest BCUT2D eigenvalue weighted by molar-refractivity contribution is 0.212. The lowest BCUT2D eigenvalue weighted by Crippen LogP contribution is -2.32. The third-order valence-corrected chi connectivity index (χ3v) is 4.48. The second-order valence-electron chi connectivity index (χ2n) is 6.57. The van der Waals surface area contributed by atoms with Gasteiger partial charge >= 0.3 is 0 Å². The molecule has 1 heterocycles. The summed E-state index contributed by atoms with van der Waals surface area (Å²) in [6.45, 7) is 17.6. The van der Waals surface area contributed by atoms with Crippen LogP contribution in [0.5, 0.6) is 0 Å². The van der Waals surface area contributed by atoms with Gasteiger partial charge in [0, 0.05) is 18.8 Å². The molecule has 1 fully saturated rings. The van der Waals surface area contributed by atoms with Crippen LogP contribution in [0.2, 0.25) is 0 Å². The molecular formula is C18H33N. The zero-order chi connectivity index (χ0) is 14.3. The zero-order valence-electron chi connectivity index (χ0n) is 13.4. The molecule has 1 aliphatic heterocycles. The van der Waals surface area contributed by atoms with Crippen LogP contribution in [0, 0.1) is 11.8 Å². The maximum absolute atomic E-state index is 4.27. The van der Waals surface area contributed by atoms with E-state index in [1.54, 1.807) is 0 Å². The molecule has 1 heteroatoms. The highest BCUT2D eigenvalue weighted by Crippen LogP contribution is 2.27. The molecule has 19 heavy (non-hydrogen) atoms. The minimum absolute atomic E-state index is 0.786. The molecule has 0 bridgehead atoms. The Hall–Kier alpha value is -0.720. The van der Waals surface area contributed by atoms with Gasteiger partial charge in [0.2, 0.25) is 0 Å². The summed E-state index contributed by atoms with van der Waals surface area (Å²) in [5.41, 5.74) is 2.79. The maximum atomic E-state index is 4.27. The summed E-state index contributed by atoms with van der Waals surface area (Å²) >= 11 is 0. The first kappa shape index (κ1) is 16.3. The minimum atomic E-state index is 0.786. The summed E-state index contributed by atoms with van der Waals surface area (Å²) in [4.78, 5) is 2.52. The number of rotatable bonds is 8. The SMILES string of the molecule is C=C(CC)CCC1CCN(C(=C)CCC(C)C)CC1. The van der Waals surface area contributed by atoms with E-state index in [4.69, 9.17) is 0 Å². The number of allylic oxidation sites excluding steroid dienone is 2. The molecule has 1 nitrogen and oxygen atoms in total. The number of piperidine rings is 1. The summed E-state index contributed by atoms with van der Waals surface area (Å²) < 4.78 is 0. The van der Waals surface area contributed by atoms with Crippen molar-refractivity contribution in [1.82, 2.24) is 4.90 Å². The predicted molar refractivity (Wildman–Crippen MR) is 86.2 cm³/mol. The van der Waals surface area contributed by atoms with Gasteiger partial charge in [0.05, 0.1) is 0 Å². The molecule has 0 amide bonds. The molecule has 0 radical (unpaired) electrons. The van der Waals surface area contributed by atoms with Crippen molar-refractivity contribution >= 4 is 0 Å². The summed E-state index contributed by atoms with van der Waals surface area (Å²) in [6, 6.07) is 0. The van der Waals surface area contributed by atoms with E-state index in [9.17, 15) is 0 Å². The highest BCUT2D eigenvalue weighted by atomic mass is 15.1. The van der Waals surface area contributed by atoms with Crippen molar-refractivity contribution < 1.29 is 0 Å². The molecule has 0 aliphatic carbocycles. The second kappa shape index (κ2) is 8.45. The van der Waals surface area contributed by atoms with Crippen molar-refractivity contribution in [3.8, 4) is 0 Å². The monoisotopic (exact) mass is 263 g/mol. The van der Waals surface area contributed by atoms with Crippen LogP contribution in [0.25, 0.3) is 0 Å². The lowest BCUT2D eigenvalue weighted by atomic mass is 9.90. The minimum Gasteiger partial charge on any atom is -0.375 e. The van der Waals surface area contributed by atoms with Crippen molar-refractivity contribution in [3.05, 3.63) is 24.4 Å². The van der Waals surface area contributed by atoms with Crippen LogP contribution >= 0.6 is 0 Å². The van der Waals surface area contributed by atoms with E-state index >= 15 is 0 Å². The summed E-state index contributed by atoms with van der Waals surface area (Å²) in [5.74, 6) is 1.70. The van der Waals surface area contributed by atoms with Crippen LogP contribution in [0.1, 0.15) is 65.7 Å². The van der Waals surface area contributed by atoms with E-state index in [0.29, 0.717) is 0 Å². The van der Waals surface area contributed by atoms with Crippen LogP contribution in [-0.4, -0.2) is 18.0 Å². The Bertz CT molecular complexity index is 282. The summed E-state index contributed by atoms with van der Waals surface area (Å²) in [7, 11) is 0. The highest BCUT2D eigenvalue weighted by Gasteiger charge is 2.19. The van der Waals surface area contributed by atoms with Crippen LogP contribution in [0.3, 0.4) is 0 Å². The predicted octanol–water partition coefficient (Wildman–Crippen LogP) is 5.39. The molecule has 0 aromatic carbocycles. The highest BCUT2D eigenvalue weighted by molar-refractivity contribution is 4.97. The average molecular weight is 263 g/mol. The van der Waals surface area contributed by atoms with E-state index in [2.05, 4.69) is 38.8 Å². The topological polar surface area (TPSA) is 3.24 Å². The third-order valence-electron chi connectivity index (χ3n) is 4.48. The molecule has 0 aromatic rings. The summed E-state index contributed by atoms with van der Waals surface area (Å²) in [5, 5.41) is 0. The molecule has 0 atom stereocenters. The molecule has 1 saturated heterocycles.